The molecule has 0 aromatic heterocycles. The molecular formula is C17H17N3O3. The predicted octanol–water partition coefficient (Wildman–Crippen LogP) is 2.63. The largest absolute Gasteiger partial charge is 0.497 e. The highest BCUT2D eigenvalue weighted by atomic mass is 16.5. The summed E-state index contributed by atoms with van der Waals surface area (Å²) < 4.78 is 10.4. The van der Waals surface area contributed by atoms with Crippen molar-refractivity contribution in [2.24, 2.45) is 0 Å². The molecule has 0 radical (unpaired) electrons. The van der Waals surface area contributed by atoms with Crippen LogP contribution in [0.25, 0.3) is 0 Å². The van der Waals surface area contributed by atoms with Crippen LogP contribution in [0.5, 0.6) is 11.5 Å². The third kappa shape index (κ3) is 4.38. The molecule has 2 rings (SSSR count). The number of anilines is 2. The van der Waals surface area contributed by atoms with Gasteiger partial charge in [0.25, 0.3) is 0 Å². The second-order valence-electron chi connectivity index (χ2n) is 4.66. The van der Waals surface area contributed by atoms with Gasteiger partial charge in [-0.2, -0.15) is 5.26 Å². The first-order chi connectivity index (χ1) is 11.2. The van der Waals surface area contributed by atoms with Gasteiger partial charge in [0.2, 0.25) is 5.91 Å². The molecule has 0 fully saturated rings. The number of rotatable bonds is 6. The molecule has 0 saturated carbocycles. The van der Waals surface area contributed by atoms with E-state index >= 15 is 0 Å². The molecule has 118 valence electrons. The van der Waals surface area contributed by atoms with Crippen LogP contribution in [0.2, 0.25) is 0 Å². The number of carbonyl (C=O) groups excluding carboxylic acids is 1. The molecule has 1 amide bonds. The van der Waals surface area contributed by atoms with E-state index in [1.807, 2.05) is 6.07 Å². The van der Waals surface area contributed by atoms with Crippen molar-refractivity contribution in [1.82, 2.24) is 0 Å². The number of nitrogens with zero attached hydrogens (tertiary/aromatic N) is 1. The van der Waals surface area contributed by atoms with Gasteiger partial charge in [0.15, 0.2) is 0 Å². The Balaban J connectivity index is 1.94. The topological polar surface area (TPSA) is 83.4 Å². The standard InChI is InChI=1S/C17H17N3O3/c1-22-14-7-8-15(16(9-14)23-2)19-11-17(21)20-13-5-3-12(10-18)4-6-13/h3-9,19H,11H2,1-2H3,(H,20,21). The molecule has 0 saturated heterocycles. The zero-order valence-electron chi connectivity index (χ0n) is 12.9. The molecule has 0 spiro atoms. The third-order valence-corrected chi connectivity index (χ3v) is 3.15. The summed E-state index contributed by atoms with van der Waals surface area (Å²) in [5, 5.41) is 14.5. The molecule has 6 nitrogen and oxygen atoms in total. The highest BCUT2D eigenvalue weighted by Gasteiger charge is 2.07. The SMILES string of the molecule is COc1ccc(NCC(=O)Nc2ccc(C#N)cc2)c(OC)c1. The molecule has 2 N–H and O–H groups in total. The van der Waals surface area contributed by atoms with Gasteiger partial charge < -0.3 is 20.1 Å². The van der Waals surface area contributed by atoms with Crippen molar-refractivity contribution in [2.75, 3.05) is 31.4 Å². The van der Waals surface area contributed by atoms with E-state index in [2.05, 4.69) is 10.6 Å². The molecule has 0 atom stereocenters. The Hall–Kier alpha value is -3.20. The van der Waals surface area contributed by atoms with E-state index in [1.165, 1.54) is 0 Å². The third-order valence-electron chi connectivity index (χ3n) is 3.15. The first-order valence-corrected chi connectivity index (χ1v) is 6.92. The van der Waals surface area contributed by atoms with Gasteiger partial charge in [0, 0.05) is 11.8 Å². The molecule has 0 aliphatic carbocycles. The first-order valence-electron chi connectivity index (χ1n) is 6.92. The van der Waals surface area contributed by atoms with Crippen LogP contribution in [0.1, 0.15) is 5.56 Å². The highest BCUT2D eigenvalue weighted by molar-refractivity contribution is 5.94. The van der Waals surface area contributed by atoms with Gasteiger partial charge in [-0.15, -0.1) is 0 Å². The molecule has 0 unspecified atom stereocenters. The van der Waals surface area contributed by atoms with Crippen molar-refractivity contribution < 1.29 is 14.3 Å². The quantitative estimate of drug-likeness (QED) is 0.857. The van der Waals surface area contributed by atoms with Gasteiger partial charge in [0.05, 0.1) is 38.1 Å². The van der Waals surface area contributed by atoms with Gasteiger partial charge in [-0.25, -0.2) is 0 Å². The number of benzene rings is 2. The summed E-state index contributed by atoms with van der Waals surface area (Å²) in [6.45, 7) is 0.0860. The fourth-order valence-corrected chi connectivity index (χ4v) is 1.95. The van der Waals surface area contributed by atoms with Crippen LogP contribution in [-0.2, 0) is 4.79 Å². The van der Waals surface area contributed by atoms with Crippen LogP contribution in [0.15, 0.2) is 42.5 Å². The number of hydrogen-bond donors (Lipinski definition) is 2. The normalized spacial score (nSPS) is 9.61. The molecular weight excluding hydrogens is 294 g/mol. The summed E-state index contributed by atoms with van der Waals surface area (Å²) in [5.74, 6) is 1.07. The second kappa shape index (κ2) is 7.71. The fraction of sp³-hybridized carbons (Fsp3) is 0.176. The van der Waals surface area contributed by atoms with E-state index in [1.54, 1.807) is 56.7 Å². The molecule has 0 aliphatic heterocycles. The molecule has 0 aliphatic rings. The van der Waals surface area contributed by atoms with E-state index in [4.69, 9.17) is 14.7 Å². The summed E-state index contributed by atoms with van der Waals surface area (Å²) in [4.78, 5) is 12.0. The van der Waals surface area contributed by atoms with Crippen LogP contribution in [0, 0.1) is 11.3 Å². The minimum atomic E-state index is -0.201. The number of carbonyl (C=O) groups is 1. The summed E-state index contributed by atoms with van der Waals surface area (Å²) in [5.41, 5.74) is 1.88. The van der Waals surface area contributed by atoms with Gasteiger partial charge in [0.1, 0.15) is 11.5 Å². The Morgan fingerprint density at radius 1 is 1.13 bits per heavy atom. The van der Waals surface area contributed by atoms with Gasteiger partial charge in [-0.05, 0) is 36.4 Å². The van der Waals surface area contributed by atoms with Crippen LogP contribution >= 0.6 is 0 Å². The minimum absolute atomic E-state index is 0.0860. The lowest BCUT2D eigenvalue weighted by atomic mass is 10.2. The average molecular weight is 311 g/mol. The number of hydrogen-bond acceptors (Lipinski definition) is 5. The van der Waals surface area contributed by atoms with Gasteiger partial charge in [-0.3, -0.25) is 4.79 Å². The lowest BCUT2D eigenvalue weighted by Gasteiger charge is -2.12. The minimum Gasteiger partial charge on any atom is -0.497 e. The molecule has 2 aromatic rings. The van der Waals surface area contributed by atoms with Crippen LogP contribution in [-0.4, -0.2) is 26.7 Å². The lowest BCUT2D eigenvalue weighted by molar-refractivity contribution is -0.114. The molecule has 6 heteroatoms. The van der Waals surface area contributed by atoms with E-state index in [9.17, 15) is 4.79 Å². The Morgan fingerprint density at radius 2 is 1.87 bits per heavy atom. The van der Waals surface area contributed by atoms with Crippen molar-refractivity contribution in [3.8, 4) is 17.6 Å². The van der Waals surface area contributed by atoms with Gasteiger partial charge in [-0.1, -0.05) is 0 Å². The monoisotopic (exact) mass is 311 g/mol. The molecule has 2 aromatic carbocycles. The predicted molar refractivity (Wildman–Crippen MR) is 87.8 cm³/mol. The Labute approximate surface area is 134 Å². The van der Waals surface area contributed by atoms with Gasteiger partial charge >= 0.3 is 0 Å². The summed E-state index contributed by atoms with van der Waals surface area (Å²) in [7, 11) is 3.13. The number of nitrogens with one attached hydrogen (secondary N) is 2. The average Bonchev–Trinajstić information content (AvgIpc) is 2.60. The fourth-order valence-electron chi connectivity index (χ4n) is 1.95. The maximum absolute atomic E-state index is 12.0. The lowest BCUT2D eigenvalue weighted by Crippen LogP contribution is -2.21. The van der Waals surface area contributed by atoms with Crippen LogP contribution in [0.3, 0.4) is 0 Å². The maximum atomic E-state index is 12.0. The van der Waals surface area contributed by atoms with Crippen LogP contribution in [0.4, 0.5) is 11.4 Å². The van der Waals surface area contributed by atoms with E-state index in [-0.39, 0.29) is 12.5 Å². The van der Waals surface area contributed by atoms with E-state index in [0.717, 1.165) is 0 Å². The Morgan fingerprint density at radius 3 is 2.48 bits per heavy atom. The second-order valence-corrected chi connectivity index (χ2v) is 4.66. The molecule has 0 bridgehead atoms. The molecule has 23 heavy (non-hydrogen) atoms. The van der Waals surface area contributed by atoms with Crippen molar-refractivity contribution in [2.45, 2.75) is 0 Å². The Bertz CT molecular complexity index is 721. The molecule has 0 heterocycles. The zero-order chi connectivity index (χ0) is 16.7. The number of nitriles is 1. The Kier molecular flexibility index (Phi) is 5.42. The zero-order valence-corrected chi connectivity index (χ0v) is 12.9. The van der Waals surface area contributed by atoms with Crippen molar-refractivity contribution >= 4 is 17.3 Å². The maximum Gasteiger partial charge on any atom is 0.243 e. The van der Waals surface area contributed by atoms with Crippen molar-refractivity contribution in [3.63, 3.8) is 0 Å². The first kappa shape index (κ1) is 16.2. The summed E-state index contributed by atoms with van der Waals surface area (Å²) in [6, 6.07) is 14.0. The van der Waals surface area contributed by atoms with E-state index in [0.29, 0.717) is 28.4 Å². The highest BCUT2D eigenvalue weighted by Crippen LogP contribution is 2.28. The van der Waals surface area contributed by atoms with Crippen molar-refractivity contribution in [3.05, 3.63) is 48.0 Å². The van der Waals surface area contributed by atoms with E-state index < -0.39 is 0 Å². The van der Waals surface area contributed by atoms with Crippen LogP contribution < -0.4 is 20.1 Å². The summed E-state index contributed by atoms with van der Waals surface area (Å²) >= 11 is 0. The number of methoxy groups -OCH3 is 2. The van der Waals surface area contributed by atoms with Crippen molar-refractivity contribution in [1.29, 1.82) is 5.26 Å². The number of ether oxygens (including phenoxy) is 2. The number of amides is 1. The summed E-state index contributed by atoms with van der Waals surface area (Å²) in [6.07, 6.45) is 0. The smallest absolute Gasteiger partial charge is 0.243 e.